The number of primary sulfonamides is 1. The molecule has 0 aromatic heterocycles. The molecule has 0 unspecified atom stereocenters. The maximum atomic E-state index is 12.3. The minimum Gasteiger partial charge on any atom is -0.397 e. The summed E-state index contributed by atoms with van der Waals surface area (Å²) < 4.78 is 46.9. The van der Waals surface area contributed by atoms with E-state index in [1.165, 1.54) is 42.5 Å². The summed E-state index contributed by atoms with van der Waals surface area (Å²) in [5.41, 5.74) is 6.21. The van der Waals surface area contributed by atoms with E-state index in [-0.39, 0.29) is 26.3 Å². The van der Waals surface area contributed by atoms with Gasteiger partial charge < -0.3 is 5.73 Å². The molecule has 6 nitrogen and oxygen atoms in total. The molecule has 0 atom stereocenters. The maximum Gasteiger partial charge on any atom is 0.238 e. The Morgan fingerprint density at radius 3 is 1.95 bits per heavy atom. The van der Waals surface area contributed by atoms with Crippen molar-refractivity contribution in [3.8, 4) is 0 Å². The van der Waals surface area contributed by atoms with Crippen LogP contribution in [0.3, 0.4) is 0 Å². The Morgan fingerprint density at radius 2 is 1.45 bits per heavy atom. The Hall–Kier alpha value is -1.61. The number of sulfone groups is 1. The Balaban J connectivity index is 2.30. The third kappa shape index (κ3) is 3.77. The summed E-state index contributed by atoms with van der Waals surface area (Å²) in [6, 6.07) is 9.39. The number of sulfonamides is 1. The molecule has 0 spiro atoms. The molecule has 0 fully saturated rings. The first-order chi connectivity index (χ1) is 10.1. The van der Waals surface area contributed by atoms with Crippen LogP contribution in [-0.2, 0) is 25.6 Å². The SMILES string of the molecule is Nc1cc(S(=O)(=O)Cc2ccc(S(N)(=O)=O)cc2)ccc1Cl. The number of rotatable bonds is 4. The number of benzene rings is 2. The van der Waals surface area contributed by atoms with E-state index in [0.29, 0.717) is 5.56 Å². The Bertz CT molecular complexity index is 908. The van der Waals surface area contributed by atoms with E-state index in [9.17, 15) is 16.8 Å². The first-order valence-corrected chi connectivity index (χ1v) is 9.57. The number of halogens is 1. The lowest BCUT2D eigenvalue weighted by Crippen LogP contribution is -2.12. The fraction of sp³-hybridized carbons (Fsp3) is 0.0769. The van der Waals surface area contributed by atoms with Crippen molar-refractivity contribution in [2.45, 2.75) is 15.5 Å². The summed E-state index contributed by atoms with van der Waals surface area (Å²) in [4.78, 5) is -0.0330. The van der Waals surface area contributed by atoms with E-state index in [1.807, 2.05) is 0 Å². The quantitative estimate of drug-likeness (QED) is 0.801. The van der Waals surface area contributed by atoms with Crippen LogP contribution in [0.5, 0.6) is 0 Å². The van der Waals surface area contributed by atoms with Gasteiger partial charge in [-0.3, -0.25) is 0 Å². The van der Waals surface area contributed by atoms with Gasteiger partial charge in [-0.05, 0) is 35.9 Å². The minimum absolute atomic E-state index is 0.0462. The number of nitrogen functional groups attached to an aromatic ring is 1. The van der Waals surface area contributed by atoms with Gasteiger partial charge in [-0.2, -0.15) is 0 Å². The summed E-state index contributed by atoms with van der Waals surface area (Å²) in [5, 5.41) is 5.26. The van der Waals surface area contributed by atoms with Gasteiger partial charge in [0.1, 0.15) is 0 Å². The lowest BCUT2D eigenvalue weighted by Gasteiger charge is -2.07. The van der Waals surface area contributed by atoms with E-state index in [0.717, 1.165) is 0 Å². The van der Waals surface area contributed by atoms with Crippen molar-refractivity contribution in [3.05, 3.63) is 53.1 Å². The Morgan fingerprint density at radius 1 is 0.909 bits per heavy atom. The van der Waals surface area contributed by atoms with Crippen LogP contribution >= 0.6 is 11.6 Å². The van der Waals surface area contributed by atoms with Gasteiger partial charge >= 0.3 is 0 Å². The Kier molecular flexibility index (Phi) is 4.48. The molecule has 0 radical (unpaired) electrons. The molecule has 0 saturated heterocycles. The zero-order valence-corrected chi connectivity index (χ0v) is 13.6. The van der Waals surface area contributed by atoms with Crippen molar-refractivity contribution in [2.24, 2.45) is 5.14 Å². The zero-order chi connectivity index (χ0) is 16.5. The normalized spacial score (nSPS) is 12.3. The molecule has 22 heavy (non-hydrogen) atoms. The summed E-state index contributed by atoms with van der Waals surface area (Å²) in [6.45, 7) is 0. The first kappa shape index (κ1) is 16.8. The fourth-order valence-electron chi connectivity index (χ4n) is 1.79. The average Bonchev–Trinajstić information content (AvgIpc) is 2.41. The minimum atomic E-state index is -3.81. The van der Waals surface area contributed by atoms with Crippen molar-refractivity contribution in [2.75, 3.05) is 5.73 Å². The smallest absolute Gasteiger partial charge is 0.238 e. The highest BCUT2D eigenvalue weighted by Crippen LogP contribution is 2.24. The summed E-state index contributed by atoms with van der Waals surface area (Å²) in [6.07, 6.45) is 0. The van der Waals surface area contributed by atoms with E-state index < -0.39 is 19.9 Å². The second-order valence-corrected chi connectivity index (χ2v) is 8.59. The van der Waals surface area contributed by atoms with Crippen LogP contribution in [0, 0.1) is 0 Å². The van der Waals surface area contributed by atoms with Gasteiger partial charge in [-0.15, -0.1) is 0 Å². The highest BCUT2D eigenvalue weighted by molar-refractivity contribution is 7.90. The molecule has 9 heteroatoms. The van der Waals surface area contributed by atoms with Gasteiger partial charge in [0.15, 0.2) is 9.84 Å². The standard InChI is InChI=1S/C13H13ClN2O4S2/c14-12-6-5-11(7-13(12)15)21(17,18)8-9-1-3-10(4-2-9)22(16,19)20/h1-7H,8,15H2,(H2,16,19,20). The van der Waals surface area contributed by atoms with Crippen molar-refractivity contribution in [3.63, 3.8) is 0 Å². The molecular formula is C13H13ClN2O4S2. The number of hydrogen-bond acceptors (Lipinski definition) is 5. The van der Waals surface area contributed by atoms with Crippen molar-refractivity contribution in [1.82, 2.24) is 0 Å². The highest BCUT2D eigenvalue weighted by Gasteiger charge is 2.17. The third-order valence-electron chi connectivity index (χ3n) is 2.94. The van der Waals surface area contributed by atoms with Crippen LogP contribution < -0.4 is 10.9 Å². The predicted octanol–water partition coefficient (Wildman–Crippen LogP) is 1.54. The van der Waals surface area contributed by atoms with Crippen LogP contribution in [0.4, 0.5) is 5.69 Å². The van der Waals surface area contributed by atoms with Crippen molar-refractivity contribution < 1.29 is 16.8 Å². The van der Waals surface area contributed by atoms with Crippen LogP contribution in [0.2, 0.25) is 5.02 Å². The van der Waals surface area contributed by atoms with Gasteiger partial charge in [-0.25, -0.2) is 22.0 Å². The lowest BCUT2D eigenvalue weighted by molar-refractivity contribution is 0.595. The molecule has 0 bridgehead atoms. The van der Waals surface area contributed by atoms with Gasteiger partial charge in [-0.1, -0.05) is 23.7 Å². The molecule has 118 valence electrons. The van der Waals surface area contributed by atoms with E-state index in [2.05, 4.69) is 0 Å². The van der Waals surface area contributed by atoms with Crippen LogP contribution in [0.15, 0.2) is 52.3 Å². The number of hydrogen-bond donors (Lipinski definition) is 2. The average molecular weight is 361 g/mol. The lowest BCUT2D eigenvalue weighted by atomic mass is 10.2. The maximum absolute atomic E-state index is 12.3. The molecular weight excluding hydrogens is 348 g/mol. The Labute approximate surface area is 133 Å². The third-order valence-corrected chi connectivity index (χ3v) is 5.89. The second kappa shape index (κ2) is 5.88. The molecule has 2 aromatic rings. The van der Waals surface area contributed by atoms with Gasteiger partial charge in [0, 0.05) is 0 Å². The molecule has 0 amide bonds. The highest BCUT2D eigenvalue weighted by atomic mass is 35.5. The topological polar surface area (TPSA) is 120 Å². The molecule has 4 N–H and O–H groups in total. The number of nitrogens with two attached hydrogens (primary N) is 2. The summed E-state index contributed by atoms with van der Waals surface area (Å²) >= 11 is 5.76. The van der Waals surface area contributed by atoms with Gasteiger partial charge in [0.05, 0.1) is 26.3 Å². The largest absolute Gasteiger partial charge is 0.397 e. The summed E-state index contributed by atoms with van der Waals surface area (Å²) in [5.74, 6) is -0.293. The van der Waals surface area contributed by atoms with E-state index >= 15 is 0 Å². The predicted molar refractivity (Wildman–Crippen MR) is 84.6 cm³/mol. The fourth-order valence-corrected chi connectivity index (χ4v) is 3.81. The van der Waals surface area contributed by atoms with Crippen LogP contribution in [-0.4, -0.2) is 16.8 Å². The monoisotopic (exact) mass is 360 g/mol. The molecule has 0 aliphatic rings. The summed E-state index contributed by atoms with van der Waals surface area (Å²) in [7, 11) is -7.43. The van der Waals surface area contributed by atoms with Crippen molar-refractivity contribution >= 4 is 37.1 Å². The van der Waals surface area contributed by atoms with E-state index in [4.69, 9.17) is 22.5 Å². The molecule has 0 aliphatic carbocycles. The zero-order valence-electron chi connectivity index (χ0n) is 11.2. The van der Waals surface area contributed by atoms with Crippen LogP contribution in [0.25, 0.3) is 0 Å². The van der Waals surface area contributed by atoms with Gasteiger partial charge in [0.2, 0.25) is 10.0 Å². The number of anilines is 1. The van der Waals surface area contributed by atoms with E-state index in [1.54, 1.807) is 0 Å². The molecule has 2 rings (SSSR count). The molecule has 0 saturated carbocycles. The molecule has 0 aliphatic heterocycles. The first-order valence-electron chi connectivity index (χ1n) is 5.99. The van der Waals surface area contributed by atoms with Crippen molar-refractivity contribution in [1.29, 1.82) is 0 Å². The van der Waals surface area contributed by atoms with Gasteiger partial charge in [0.25, 0.3) is 0 Å². The molecule has 0 heterocycles. The van der Waals surface area contributed by atoms with Crippen LogP contribution in [0.1, 0.15) is 5.56 Å². The second-order valence-electron chi connectivity index (χ2n) is 4.63. The molecule has 2 aromatic carbocycles.